The van der Waals surface area contributed by atoms with Gasteiger partial charge in [0.05, 0.1) is 27.8 Å². The molecule has 0 bridgehead atoms. The fraction of sp³-hybridized carbons (Fsp3) is 0. The molecule has 7 nitrogen and oxygen atoms in total. The van der Waals surface area contributed by atoms with Crippen LogP contribution in [0.5, 0.6) is 0 Å². The quantitative estimate of drug-likeness (QED) is 0.159. The molecule has 308 valence electrons. The summed E-state index contributed by atoms with van der Waals surface area (Å²) < 4.78 is 8.81. The molecule has 0 spiro atoms. The van der Waals surface area contributed by atoms with E-state index in [1.54, 1.807) is 0 Å². The molecule has 5 aromatic heterocycles. The third kappa shape index (κ3) is 6.41. The highest BCUT2D eigenvalue weighted by Gasteiger charge is 2.20. The molecule has 5 heterocycles. The van der Waals surface area contributed by atoms with E-state index in [1.807, 2.05) is 54.7 Å². The molecule has 0 amide bonds. The van der Waals surface area contributed by atoms with E-state index in [2.05, 4.69) is 168 Å². The summed E-state index contributed by atoms with van der Waals surface area (Å²) in [5, 5.41) is 5.57. The Morgan fingerprint density at radius 1 is 0.364 bits per heavy atom. The van der Waals surface area contributed by atoms with Crippen molar-refractivity contribution in [2.24, 2.45) is 0 Å². The molecule has 13 aromatic rings. The first kappa shape index (κ1) is 37.5. The molecule has 0 unspecified atom stereocenters. The lowest BCUT2D eigenvalue weighted by molar-refractivity contribution is 0.653. The second-order valence-electron chi connectivity index (χ2n) is 16.5. The largest absolute Gasteiger partial charge is 0.434 e. The van der Waals surface area contributed by atoms with Crippen molar-refractivity contribution in [3.05, 3.63) is 219 Å². The van der Waals surface area contributed by atoms with Gasteiger partial charge >= 0.3 is 0 Å². The Labute approximate surface area is 379 Å². The number of benzene rings is 8. The number of aromatic nitrogens is 6. The Balaban J connectivity index is 0.900. The van der Waals surface area contributed by atoms with Crippen LogP contribution < -0.4 is 0 Å². The number of hydrogen-bond acceptors (Lipinski definition) is 6. The first-order valence-corrected chi connectivity index (χ1v) is 22.0. The molecular formula is C59H36N6O. The lowest BCUT2D eigenvalue weighted by atomic mass is 10.0. The fourth-order valence-electron chi connectivity index (χ4n) is 9.23. The van der Waals surface area contributed by atoms with E-state index in [4.69, 9.17) is 29.3 Å². The maximum Gasteiger partial charge on any atom is 0.229 e. The molecule has 0 atom stereocenters. The van der Waals surface area contributed by atoms with Gasteiger partial charge in [0, 0.05) is 56.0 Å². The summed E-state index contributed by atoms with van der Waals surface area (Å²) in [7, 11) is 0. The second-order valence-corrected chi connectivity index (χ2v) is 16.5. The van der Waals surface area contributed by atoms with Crippen molar-refractivity contribution < 1.29 is 4.42 Å². The zero-order valence-electron chi connectivity index (χ0n) is 35.4. The van der Waals surface area contributed by atoms with Gasteiger partial charge in [-0.15, -0.1) is 0 Å². The van der Waals surface area contributed by atoms with Crippen LogP contribution >= 0.6 is 0 Å². The Morgan fingerprint density at radius 2 is 0.970 bits per heavy atom. The number of fused-ring (bicyclic) bond motifs is 7. The van der Waals surface area contributed by atoms with Crippen LogP contribution in [-0.4, -0.2) is 29.5 Å². The van der Waals surface area contributed by atoms with E-state index in [9.17, 15) is 0 Å². The molecule has 66 heavy (non-hydrogen) atoms. The Kier molecular flexibility index (Phi) is 8.70. The van der Waals surface area contributed by atoms with Gasteiger partial charge in [-0.2, -0.15) is 0 Å². The summed E-state index contributed by atoms with van der Waals surface area (Å²) in [6.45, 7) is 0. The van der Waals surface area contributed by atoms with Crippen LogP contribution in [0.2, 0.25) is 0 Å². The van der Waals surface area contributed by atoms with E-state index >= 15 is 0 Å². The smallest absolute Gasteiger partial charge is 0.229 e. The normalized spacial score (nSPS) is 11.6. The SMILES string of the molecule is c1ccc(-c2nc(-c3ccc(-c4cnc5oc6c(-c7ccccc7)nc(-c7ccc8ccccc8c7)nc6c5c4)cc3)cc(-c3cccc(-n4c5ccccc5c5ccccc54)c3)n2)cc1. The van der Waals surface area contributed by atoms with Gasteiger partial charge in [-0.05, 0) is 58.8 Å². The van der Waals surface area contributed by atoms with E-state index in [-0.39, 0.29) is 0 Å². The van der Waals surface area contributed by atoms with Crippen molar-refractivity contribution in [1.82, 2.24) is 29.5 Å². The Hall–Kier alpha value is -9.07. The molecule has 0 aliphatic rings. The molecular weight excluding hydrogens is 809 g/mol. The molecule has 0 saturated heterocycles. The predicted molar refractivity (Wildman–Crippen MR) is 267 cm³/mol. The second kappa shape index (κ2) is 15.3. The number of nitrogens with zero attached hydrogens (tertiary/aromatic N) is 6. The van der Waals surface area contributed by atoms with Gasteiger partial charge in [-0.25, -0.2) is 24.9 Å². The van der Waals surface area contributed by atoms with E-state index < -0.39 is 0 Å². The third-order valence-corrected chi connectivity index (χ3v) is 12.5. The highest BCUT2D eigenvalue weighted by molar-refractivity contribution is 6.09. The van der Waals surface area contributed by atoms with Gasteiger partial charge in [0.15, 0.2) is 17.2 Å². The first-order chi connectivity index (χ1) is 32.7. The van der Waals surface area contributed by atoms with Crippen LogP contribution in [0.1, 0.15) is 0 Å². The third-order valence-electron chi connectivity index (χ3n) is 12.5. The van der Waals surface area contributed by atoms with Gasteiger partial charge in [0.2, 0.25) is 5.71 Å². The lowest BCUT2D eigenvalue weighted by Gasteiger charge is -2.12. The van der Waals surface area contributed by atoms with E-state index in [1.165, 1.54) is 10.8 Å². The zero-order valence-corrected chi connectivity index (χ0v) is 35.4. The van der Waals surface area contributed by atoms with Crippen molar-refractivity contribution in [3.8, 4) is 73.4 Å². The summed E-state index contributed by atoms with van der Waals surface area (Å²) in [6, 6.07) is 73.5. The van der Waals surface area contributed by atoms with Crippen LogP contribution in [-0.2, 0) is 0 Å². The monoisotopic (exact) mass is 844 g/mol. The molecule has 0 aliphatic heterocycles. The first-order valence-electron chi connectivity index (χ1n) is 22.0. The average Bonchev–Trinajstić information content (AvgIpc) is 3.94. The summed E-state index contributed by atoms with van der Waals surface area (Å²) in [5.41, 5.74) is 14.4. The van der Waals surface area contributed by atoms with Gasteiger partial charge in [-0.1, -0.05) is 170 Å². The van der Waals surface area contributed by atoms with Gasteiger partial charge in [-0.3, -0.25) is 0 Å². The minimum absolute atomic E-state index is 0.511. The number of furan rings is 1. The Bertz CT molecular complexity index is 3940. The standard InChI is InChI=1S/C59H36N6O/c1-3-15-40(16-4-1)54-56-55(64-58(63-54)44-31-28-37-14-7-8-19-42(37)32-44)49-34-45(36-60-59(49)66-56)38-26-29-39(30-27-38)50-35-51(62-57(61-50)41-17-5-2-6-18-41)43-20-13-21-46(33-43)65-52-24-11-9-22-47(52)48-23-10-12-25-53(48)65/h1-36H. The molecule has 7 heteroatoms. The fourth-order valence-corrected chi connectivity index (χ4v) is 9.23. The minimum atomic E-state index is 0.511. The maximum atomic E-state index is 6.48. The average molecular weight is 845 g/mol. The number of pyridine rings is 1. The summed E-state index contributed by atoms with van der Waals surface area (Å²) in [5.74, 6) is 1.29. The highest BCUT2D eigenvalue weighted by Crippen LogP contribution is 2.38. The molecule has 0 aliphatic carbocycles. The van der Waals surface area contributed by atoms with Gasteiger partial charge in [0.1, 0.15) is 11.2 Å². The summed E-state index contributed by atoms with van der Waals surface area (Å²) >= 11 is 0. The lowest BCUT2D eigenvalue weighted by Crippen LogP contribution is -1.98. The molecule has 0 radical (unpaired) electrons. The maximum absolute atomic E-state index is 6.48. The number of hydrogen-bond donors (Lipinski definition) is 0. The van der Waals surface area contributed by atoms with Crippen LogP contribution in [0.15, 0.2) is 223 Å². The zero-order chi connectivity index (χ0) is 43.6. The van der Waals surface area contributed by atoms with Crippen molar-refractivity contribution in [2.75, 3.05) is 0 Å². The van der Waals surface area contributed by atoms with E-state index in [0.717, 1.165) is 94.4 Å². The number of rotatable bonds is 7. The van der Waals surface area contributed by atoms with Crippen molar-refractivity contribution in [1.29, 1.82) is 0 Å². The van der Waals surface area contributed by atoms with Crippen molar-refractivity contribution in [2.45, 2.75) is 0 Å². The topological polar surface area (TPSA) is 82.5 Å². The molecule has 13 rings (SSSR count). The molecule has 8 aromatic carbocycles. The van der Waals surface area contributed by atoms with Crippen LogP contribution in [0.25, 0.3) is 128 Å². The summed E-state index contributed by atoms with van der Waals surface area (Å²) in [4.78, 5) is 25.4. The molecule has 0 fully saturated rings. The van der Waals surface area contributed by atoms with Crippen molar-refractivity contribution in [3.63, 3.8) is 0 Å². The predicted octanol–water partition coefficient (Wildman–Crippen LogP) is 14.8. The minimum Gasteiger partial charge on any atom is -0.434 e. The van der Waals surface area contributed by atoms with Crippen LogP contribution in [0.4, 0.5) is 0 Å². The van der Waals surface area contributed by atoms with Crippen LogP contribution in [0, 0.1) is 0 Å². The van der Waals surface area contributed by atoms with Crippen LogP contribution in [0.3, 0.4) is 0 Å². The Morgan fingerprint density at radius 3 is 1.73 bits per heavy atom. The molecule has 0 saturated carbocycles. The summed E-state index contributed by atoms with van der Waals surface area (Å²) in [6.07, 6.45) is 1.86. The van der Waals surface area contributed by atoms with Crippen molar-refractivity contribution >= 4 is 54.8 Å². The number of para-hydroxylation sites is 2. The van der Waals surface area contributed by atoms with E-state index in [0.29, 0.717) is 22.9 Å². The highest BCUT2D eigenvalue weighted by atomic mass is 16.3. The van der Waals surface area contributed by atoms with Gasteiger partial charge < -0.3 is 8.98 Å². The molecule has 0 N–H and O–H groups in total. The van der Waals surface area contributed by atoms with Gasteiger partial charge in [0.25, 0.3) is 0 Å².